The molecule has 4 aromatic rings. The van der Waals surface area contributed by atoms with Gasteiger partial charge in [0.05, 0.1) is 25.0 Å². The summed E-state index contributed by atoms with van der Waals surface area (Å²) in [6, 6.07) is 17.2. The van der Waals surface area contributed by atoms with Crippen LogP contribution < -0.4 is 14.8 Å². The van der Waals surface area contributed by atoms with Crippen molar-refractivity contribution in [3.63, 3.8) is 0 Å². The summed E-state index contributed by atoms with van der Waals surface area (Å²) >= 11 is 6.18. The summed E-state index contributed by atoms with van der Waals surface area (Å²) in [5, 5.41) is 4.25. The maximum atomic E-state index is 12.8. The molecule has 6 heteroatoms. The second-order valence-corrected chi connectivity index (χ2v) is 8.28. The van der Waals surface area contributed by atoms with Gasteiger partial charge in [-0.05, 0) is 56.2 Å². The molecule has 3 aromatic carbocycles. The molecule has 0 spiro atoms. The summed E-state index contributed by atoms with van der Waals surface area (Å²) in [7, 11) is 1.55. The van der Waals surface area contributed by atoms with Crippen LogP contribution in [0.15, 0.2) is 71.4 Å². The maximum Gasteiger partial charge on any atom is 0.248 e. The second-order valence-electron chi connectivity index (χ2n) is 7.87. The van der Waals surface area contributed by atoms with E-state index in [-0.39, 0.29) is 5.91 Å². The molecule has 5 nitrogen and oxygen atoms in total. The number of furan rings is 1. The Morgan fingerprint density at radius 2 is 1.91 bits per heavy atom. The summed E-state index contributed by atoms with van der Waals surface area (Å²) in [5.74, 6) is 0.985. The van der Waals surface area contributed by atoms with E-state index in [2.05, 4.69) is 5.32 Å². The summed E-state index contributed by atoms with van der Waals surface area (Å²) in [4.78, 5) is 12.8. The summed E-state index contributed by atoms with van der Waals surface area (Å²) in [6.45, 7) is 6.30. The van der Waals surface area contributed by atoms with E-state index in [9.17, 15) is 4.79 Å². The van der Waals surface area contributed by atoms with Crippen molar-refractivity contribution >= 4 is 39.7 Å². The lowest BCUT2D eigenvalue weighted by atomic mass is 9.96. The molecule has 34 heavy (non-hydrogen) atoms. The molecule has 0 aliphatic carbocycles. The third-order valence-corrected chi connectivity index (χ3v) is 5.90. The second kappa shape index (κ2) is 10.1. The number of hydrogen-bond acceptors (Lipinski definition) is 4. The largest absolute Gasteiger partial charge is 0.495 e. The highest BCUT2D eigenvalue weighted by molar-refractivity contribution is 6.32. The van der Waals surface area contributed by atoms with Crippen LogP contribution in [0, 0.1) is 6.92 Å². The molecule has 0 saturated carbocycles. The molecule has 1 amide bonds. The van der Waals surface area contributed by atoms with Gasteiger partial charge in [-0.15, -0.1) is 0 Å². The lowest BCUT2D eigenvalue weighted by Gasteiger charge is -2.15. The number of nitrogens with one attached hydrogen (secondary N) is 1. The van der Waals surface area contributed by atoms with E-state index in [4.69, 9.17) is 25.5 Å². The van der Waals surface area contributed by atoms with Crippen LogP contribution in [0.4, 0.5) is 5.69 Å². The minimum atomic E-state index is -0.269. The highest BCUT2D eigenvalue weighted by Gasteiger charge is 2.19. The molecule has 1 aromatic heterocycles. The normalized spacial score (nSPS) is 11.5. The summed E-state index contributed by atoms with van der Waals surface area (Å²) in [5.41, 5.74) is 5.92. The van der Waals surface area contributed by atoms with Crippen LogP contribution in [-0.2, 0) is 4.79 Å². The minimum Gasteiger partial charge on any atom is -0.495 e. The third kappa shape index (κ3) is 4.66. The van der Waals surface area contributed by atoms with Crippen LogP contribution in [0.5, 0.6) is 11.5 Å². The van der Waals surface area contributed by atoms with E-state index >= 15 is 0 Å². The number of methoxy groups -OCH3 is 1. The van der Waals surface area contributed by atoms with Gasteiger partial charge in [-0.25, -0.2) is 0 Å². The molecule has 1 N–H and O–H groups in total. The molecular weight excluding hydrogens is 450 g/mol. The predicted octanol–water partition coefficient (Wildman–Crippen LogP) is 7.51. The number of rotatable bonds is 7. The molecule has 4 rings (SSSR count). The number of halogens is 1. The van der Waals surface area contributed by atoms with Crippen molar-refractivity contribution in [1.82, 2.24) is 0 Å². The molecule has 0 aliphatic rings. The first-order chi connectivity index (χ1) is 16.4. The van der Waals surface area contributed by atoms with Gasteiger partial charge >= 0.3 is 0 Å². The smallest absolute Gasteiger partial charge is 0.248 e. The average Bonchev–Trinajstić information content (AvgIpc) is 3.25. The van der Waals surface area contributed by atoms with Gasteiger partial charge in [0.1, 0.15) is 17.1 Å². The molecule has 0 unspecified atom stereocenters. The van der Waals surface area contributed by atoms with E-state index in [0.29, 0.717) is 28.8 Å². The SMILES string of the molecule is CCOc1c(/C(C)=C/C(=O)Nc2ccc(OC)c(Cl)c2)cc2c(-c3ccccc3)coc2c1C. The fraction of sp³-hybridized carbons (Fsp3) is 0.179. The van der Waals surface area contributed by atoms with Crippen molar-refractivity contribution < 1.29 is 18.7 Å². The molecule has 0 radical (unpaired) electrons. The molecular formula is C28H26ClNO4. The van der Waals surface area contributed by atoms with Crippen LogP contribution in [0.1, 0.15) is 25.0 Å². The van der Waals surface area contributed by atoms with Crippen LogP contribution in [0.25, 0.3) is 27.7 Å². The first kappa shape index (κ1) is 23.5. The number of ether oxygens (including phenoxy) is 2. The van der Waals surface area contributed by atoms with Crippen molar-refractivity contribution in [3.8, 4) is 22.6 Å². The lowest BCUT2D eigenvalue weighted by molar-refractivity contribution is -0.111. The van der Waals surface area contributed by atoms with Gasteiger partial charge < -0.3 is 19.2 Å². The van der Waals surface area contributed by atoms with E-state index in [1.54, 1.807) is 37.6 Å². The highest BCUT2D eigenvalue weighted by atomic mass is 35.5. The first-order valence-electron chi connectivity index (χ1n) is 11.0. The lowest BCUT2D eigenvalue weighted by Crippen LogP contribution is -2.09. The number of carbonyl (C=O) groups excluding carboxylic acids is 1. The number of allylic oxidation sites excluding steroid dienone is 1. The van der Waals surface area contributed by atoms with Crippen LogP contribution >= 0.6 is 11.6 Å². The number of anilines is 1. The Balaban J connectivity index is 1.73. The van der Waals surface area contributed by atoms with Crippen molar-refractivity contribution in [2.24, 2.45) is 0 Å². The molecule has 1 heterocycles. The molecule has 0 saturated heterocycles. The fourth-order valence-electron chi connectivity index (χ4n) is 3.98. The van der Waals surface area contributed by atoms with Crippen LogP contribution in [-0.4, -0.2) is 19.6 Å². The summed E-state index contributed by atoms with van der Waals surface area (Å²) in [6.07, 6.45) is 3.33. The Kier molecular flexibility index (Phi) is 6.94. The van der Waals surface area contributed by atoms with E-state index < -0.39 is 0 Å². The zero-order chi connectivity index (χ0) is 24.2. The highest BCUT2D eigenvalue weighted by Crippen LogP contribution is 2.40. The topological polar surface area (TPSA) is 60.7 Å². The maximum absolute atomic E-state index is 12.8. The fourth-order valence-corrected chi connectivity index (χ4v) is 4.23. The van der Waals surface area contributed by atoms with Gasteiger partial charge in [0, 0.05) is 33.8 Å². The van der Waals surface area contributed by atoms with Gasteiger partial charge in [0.25, 0.3) is 0 Å². The van der Waals surface area contributed by atoms with Gasteiger partial charge in [-0.1, -0.05) is 41.9 Å². The van der Waals surface area contributed by atoms with Gasteiger partial charge in [0.15, 0.2) is 0 Å². The zero-order valence-electron chi connectivity index (χ0n) is 19.6. The van der Waals surface area contributed by atoms with E-state index in [1.165, 1.54) is 0 Å². The number of fused-ring (bicyclic) bond motifs is 1. The van der Waals surface area contributed by atoms with Crippen molar-refractivity contribution in [1.29, 1.82) is 0 Å². The number of aryl methyl sites for hydroxylation is 1. The van der Waals surface area contributed by atoms with Crippen molar-refractivity contribution in [2.45, 2.75) is 20.8 Å². The minimum absolute atomic E-state index is 0.269. The number of amides is 1. The molecule has 0 aliphatic heterocycles. The number of benzene rings is 3. The van der Waals surface area contributed by atoms with Gasteiger partial charge in [-0.2, -0.15) is 0 Å². The first-order valence-corrected chi connectivity index (χ1v) is 11.4. The van der Waals surface area contributed by atoms with E-state index in [0.717, 1.165) is 38.8 Å². The van der Waals surface area contributed by atoms with E-state index in [1.807, 2.05) is 57.2 Å². The quantitative estimate of drug-likeness (QED) is 0.281. The molecule has 0 bridgehead atoms. The Bertz CT molecular complexity index is 1370. The monoisotopic (exact) mass is 475 g/mol. The Labute approximate surface area is 203 Å². The Morgan fingerprint density at radius 3 is 2.59 bits per heavy atom. The molecule has 0 atom stereocenters. The average molecular weight is 476 g/mol. The summed E-state index contributed by atoms with van der Waals surface area (Å²) < 4.78 is 17.1. The predicted molar refractivity (Wildman–Crippen MR) is 138 cm³/mol. The third-order valence-electron chi connectivity index (χ3n) is 5.61. The number of carbonyl (C=O) groups is 1. The molecule has 174 valence electrons. The van der Waals surface area contributed by atoms with Crippen LogP contribution in [0.2, 0.25) is 5.02 Å². The van der Waals surface area contributed by atoms with Gasteiger partial charge in [0.2, 0.25) is 5.91 Å². The molecule has 0 fully saturated rings. The van der Waals surface area contributed by atoms with Crippen molar-refractivity contribution in [2.75, 3.05) is 19.0 Å². The van der Waals surface area contributed by atoms with Crippen molar-refractivity contribution in [3.05, 3.63) is 83.1 Å². The van der Waals surface area contributed by atoms with Gasteiger partial charge in [-0.3, -0.25) is 4.79 Å². The van der Waals surface area contributed by atoms with Crippen LogP contribution in [0.3, 0.4) is 0 Å². The Hall–Kier alpha value is -3.70. The zero-order valence-corrected chi connectivity index (χ0v) is 20.3. The number of hydrogen-bond donors (Lipinski definition) is 1. The Morgan fingerprint density at radius 1 is 1.15 bits per heavy atom. The standard InChI is InChI=1S/C28H26ClNO4/c1-5-33-27-18(3)28-22(23(16-34-28)19-9-7-6-8-10-19)15-21(27)17(2)13-26(31)30-20-11-12-25(32-4)24(29)14-20/h6-16H,5H2,1-4H3,(H,30,31)/b17-13+.